The Kier molecular flexibility index (Phi) is 7.20. The molecule has 0 radical (unpaired) electrons. The molecule has 0 spiro atoms. The number of likely N-dealkylation sites (N-methyl/N-ethyl adjacent to an activating group) is 1. The molecule has 0 saturated heterocycles. The average Bonchev–Trinajstić information content (AvgIpc) is 3.08. The summed E-state index contributed by atoms with van der Waals surface area (Å²) >= 11 is 0. The molecule has 0 saturated carbocycles. The second-order valence-electron chi connectivity index (χ2n) is 8.82. The minimum absolute atomic E-state index is 0.00646. The van der Waals surface area contributed by atoms with E-state index in [0.717, 1.165) is 5.69 Å². The molecular weight excluding hydrogens is 410 g/mol. The molecule has 3 atom stereocenters. The van der Waals surface area contributed by atoms with E-state index < -0.39 is 0 Å². The van der Waals surface area contributed by atoms with Crippen molar-refractivity contribution in [2.45, 2.75) is 32.9 Å². The van der Waals surface area contributed by atoms with Crippen molar-refractivity contribution in [1.29, 1.82) is 0 Å². The predicted octanol–water partition coefficient (Wildman–Crippen LogP) is 1.76. The molecule has 1 aliphatic rings. The van der Waals surface area contributed by atoms with Crippen LogP contribution in [0.25, 0.3) is 0 Å². The number of hydrogen-bond acceptors (Lipinski definition) is 6. The van der Waals surface area contributed by atoms with Gasteiger partial charge in [-0.2, -0.15) is 5.10 Å². The van der Waals surface area contributed by atoms with Crippen LogP contribution in [0.15, 0.2) is 24.3 Å². The van der Waals surface area contributed by atoms with E-state index in [1.165, 1.54) is 4.68 Å². The highest BCUT2D eigenvalue weighted by atomic mass is 16.5. The van der Waals surface area contributed by atoms with Gasteiger partial charge in [0.1, 0.15) is 11.8 Å². The summed E-state index contributed by atoms with van der Waals surface area (Å²) in [5, 5.41) is 16.9. The number of para-hydroxylation sites is 1. The van der Waals surface area contributed by atoms with Crippen LogP contribution in [0.4, 0.5) is 5.69 Å². The molecule has 3 rings (SSSR count). The van der Waals surface area contributed by atoms with E-state index >= 15 is 0 Å². The molecule has 174 valence electrons. The van der Waals surface area contributed by atoms with Crippen molar-refractivity contribution in [3.8, 4) is 5.75 Å². The topological polar surface area (TPSA) is 99.9 Å². The van der Waals surface area contributed by atoms with Crippen LogP contribution in [0, 0.1) is 12.8 Å². The zero-order valence-electron chi connectivity index (χ0n) is 19.6. The average molecular weight is 444 g/mol. The van der Waals surface area contributed by atoms with Gasteiger partial charge >= 0.3 is 0 Å². The first kappa shape index (κ1) is 23.7. The largest absolute Gasteiger partial charge is 0.486 e. The lowest BCUT2D eigenvalue weighted by Crippen LogP contribution is -2.49. The summed E-state index contributed by atoms with van der Waals surface area (Å²) < 4.78 is 7.93. The maximum absolute atomic E-state index is 13.4. The SMILES string of the molecule is Cc1cc(C(=O)Nc2cccc3c2O[C@@H](CN(C)C)[C@@H](C)CN([C@@H](C)CO)C3=O)n(C)n1. The number of rotatable bonds is 6. The Morgan fingerprint density at radius 2 is 2.12 bits per heavy atom. The van der Waals surface area contributed by atoms with Crippen molar-refractivity contribution in [2.75, 3.05) is 39.1 Å². The molecule has 0 aliphatic carbocycles. The number of nitrogens with zero attached hydrogens (tertiary/aromatic N) is 4. The molecule has 9 heteroatoms. The van der Waals surface area contributed by atoms with Crippen LogP contribution in [-0.2, 0) is 7.05 Å². The molecular formula is C23H33N5O4. The standard InChI is InChI=1S/C23H33N5O4/c1-14-11-28(16(3)13-29)23(31)17-8-7-9-18(21(17)32-20(14)12-26(4)5)24-22(30)19-10-15(2)25-27(19)6/h7-10,14,16,20,29H,11-13H2,1-6H3,(H,24,30)/t14-,16-,20-/m0/s1. The first-order valence-corrected chi connectivity index (χ1v) is 10.8. The number of aromatic nitrogens is 2. The van der Waals surface area contributed by atoms with Gasteiger partial charge in [-0.25, -0.2) is 0 Å². The summed E-state index contributed by atoms with van der Waals surface area (Å²) in [6.45, 7) is 6.64. The molecule has 0 fully saturated rings. The number of aryl methyl sites for hydroxylation is 2. The maximum atomic E-state index is 13.4. The van der Waals surface area contributed by atoms with Crippen molar-refractivity contribution in [3.05, 3.63) is 41.2 Å². The zero-order valence-corrected chi connectivity index (χ0v) is 19.6. The van der Waals surface area contributed by atoms with Gasteiger partial charge in [0.2, 0.25) is 0 Å². The van der Waals surface area contributed by atoms with Crippen LogP contribution in [0.2, 0.25) is 0 Å². The molecule has 1 aromatic carbocycles. The molecule has 32 heavy (non-hydrogen) atoms. The van der Waals surface area contributed by atoms with Gasteiger partial charge in [-0.15, -0.1) is 0 Å². The Morgan fingerprint density at radius 1 is 1.41 bits per heavy atom. The van der Waals surface area contributed by atoms with Gasteiger partial charge in [-0.1, -0.05) is 13.0 Å². The van der Waals surface area contributed by atoms with Gasteiger partial charge in [-0.05, 0) is 46.1 Å². The number of carbonyl (C=O) groups is 2. The van der Waals surface area contributed by atoms with Gasteiger partial charge in [-0.3, -0.25) is 14.3 Å². The van der Waals surface area contributed by atoms with Gasteiger partial charge in [0.15, 0.2) is 5.75 Å². The predicted molar refractivity (Wildman–Crippen MR) is 122 cm³/mol. The van der Waals surface area contributed by atoms with E-state index in [9.17, 15) is 14.7 Å². The maximum Gasteiger partial charge on any atom is 0.274 e. The van der Waals surface area contributed by atoms with Gasteiger partial charge < -0.3 is 25.0 Å². The normalized spacial score (nSPS) is 19.8. The summed E-state index contributed by atoms with van der Waals surface area (Å²) in [6.07, 6.45) is -0.220. The highest BCUT2D eigenvalue weighted by molar-refractivity contribution is 6.06. The quantitative estimate of drug-likeness (QED) is 0.706. The second-order valence-corrected chi connectivity index (χ2v) is 8.82. The number of carbonyl (C=O) groups excluding carboxylic acids is 2. The van der Waals surface area contributed by atoms with E-state index in [4.69, 9.17) is 4.74 Å². The van der Waals surface area contributed by atoms with Crippen LogP contribution in [0.5, 0.6) is 5.75 Å². The van der Waals surface area contributed by atoms with E-state index in [1.54, 1.807) is 36.2 Å². The minimum Gasteiger partial charge on any atom is -0.486 e. The fraction of sp³-hybridized carbons (Fsp3) is 0.522. The summed E-state index contributed by atoms with van der Waals surface area (Å²) in [5.74, 6) is -0.216. The van der Waals surface area contributed by atoms with E-state index in [0.29, 0.717) is 35.8 Å². The first-order chi connectivity index (χ1) is 15.1. The smallest absolute Gasteiger partial charge is 0.274 e. The van der Waals surface area contributed by atoms with Gasteiger partial charge in [0.25, 0.3) is 11.8 Å². The highest BCUT2D eigenvalue weighted by Gasteiger charge is 2.34. The van der Waals surface area contributed by atoms with Gasteiger partial charge in [0.05, 0.1) is 29.6 Å². The Balaban J connectivity index is 2.05. The third kappa shape index (κ3) is 4.94. The minimum atomic E-state index is -0.341. The lowest BCUT2D eigenvalue weighted by Gasteiger charge is -2.38. The molecule has 2 aromatic rings. The number of hydrogen-bond donors (Lipinski definition) is 2. The van der Waals surface area contributed by atoms with Crippen molar-refractivity contribution >= 4 is 17.5 Å². The lowest BCUT2D eigenvalue weighted by atomic mass is 9.99. The first-order valence-electron chi connectivity index (χ1n) is 10.8. The van der Waals surface area contributed by atoms with Crippen LogP contribution >= 0.6 is 0 Å². The number of nitrogens with one attached hydrogen (secondary N) is 1. The van der Waals surface area contributed by atoms with Gasteiger partial charge in [0, 0.05) is 26.1 Å². The molecule has 2 heterocycles. The summed E-state index contributed by atoms with van der Waals surface area (Å²) in [7, 11) is 5.64. The number of benzene rings is 1. The summed E-state index contributed by atoms with van der Waals surface area (Å²) in [4.78, 5) is 30.1. The Hall–Kier alpha value is -2.91. The number of aliphatic hydroxyl groups excluding tert-OH is 1. The molecule has 1 aliphatic heterocycles. The van der Waals surface area contributed by atoms with Crippen LogP contribution < -0.4 is 10.1 Å². The summed E-state index contributed by atoms with van der Waals surface area (Å²) in [5.41, 5.74) is 1.93. The van der Waals surface area contributed by atoms with E-state index in [1.807, 2.05) is 39.8 Å². The van der Waals surface area contributed by atoms with Crippen LogP contribution in [0.1, 0.15) is 40.4 Å². The van der Waals surface area contributed by atoms with Crippen LogP contribution in [-0.4, -0.2) is 82.4 Å². The monoisotopic (exact) mass is 443 g/mol. The van der Waals surface area contributed by atoms with Crippen molar-refractivity contribution in [3.63, 3.8) is 0 Å². The zero-order chi connectivity index (χ0) is 23.6. The number of fused-ring (bicyclic) bond motifs is 1. The Bertz CT molecular complexity index is 987. The molecule has 0 unspecified atom stereocenters. The van der Waals surface area contributed by atoms with Crippen LogP contribution in [0.3, 0.4) is 0 Å². The lowest BCUT2D eigenvalue weighted by molar-refractivity contribution is 0.0365. The molecule has 9 nitrogen and oxygen atoms in total. The number of anilines is 1. The molecule has 1 aromatic heterocycles. The van der Waals surface area contributed by atoms with Crippen molar-refractivity contribution in [1.82, 2.24) is 19.6 Å². The number of ether oxygens (including phenoxy) is 1. The van der Waals surface area contributed by atoms with E-state index in [-0.39, 0.29) is 36.5 Å². The van der Waals surface area contributed by atoms with Crippen molar-refractivity contribution in [2.24, 2.45) is 13.0 Å². The Labute approximate surface area is 188 Å². The fourth-order valence-electron chi connectivity index (χ4n) is 3.93. The Morgan fingerprint density at radius 3 is 2.72 bits per heavy atom. The molecule has 0 bridgehead atoms. The highest BCUT2D eigenvalue weighted by Crippen LogP contribution is 2.35. The van der Waals surface area contributed by atoms with Crippen molar-refractivity contribution < 1.29 is 19.4 Å². The molecule has 2 amide bonds. The molecule has 2 N–H and O–H groups in total. The fourth-order valence-corrected chi connectivity index (χ4v) is 3.93. The van der Waals surface area contributed by atoms with E-state index in [2.05, 4.69) is 10.4 Å². The second kappa shape index (κ2) is 9.70. The number of amides is 2. The summed E-state index contributed by atoms with van der Waals surface area (Å²) in [6, 6.07) is 6.51. The number of aliphatic hydroxyl groups is 1. The third-order valence-electron chi connectivity index (χ3n) is 5.72. The third-order valence-corrected chi connectivity index (χ3v) is 5.72.